The van der Waals surface area contributed by atoms with Crippen LogP contribution in [0.2, 0.25) is 0 Å². The number of carbonyl (C=O) groups is 2. The minimum atomic E-state index is -1.20. The predicted molar refractivity (Wildman–Crippen MR) is 64.4 cm³/mol. The van der Waals surface area contributed by atoms with Gasteiger partial charge >= 0.3 is 0 Å². The van der Waals surface area contributed by atoms with Crippen LogP contribution in [-0.2, 0) is 6.42 Å². The van der Waals surface area contributed by atoms with E-state index >= 15 is 0 Å². The van der Waals surface area contributed by atoms with Crippen molar-refractivity contribution in [3.05, 3.63) is 70.8 Å². The molecule has 0 saturated carbocycles. The minimum absolute atomic E-state index is 0.135. The molecular formula is C15H10O4-2. The van der Waals surface area contributed by atoms with Crippen LogP contribution in [0.3, 0.4) is 0 Å². The molecule has 0 unspecified atom stereocenters. The molecule has 2 aromatic carbocycles. The molecule has 4 nitrogen and oxygen atoms in total. The Morgan fingerprint density at radius 2 is 1.00 bits per heavy atom. The molecule has 0 aliphatic heterocycles. The Hall–Kier alpha value is -2.62. The van der Waals surface area contributed by atoms with Gasteiger partial charge in [-0.2, -0.15) is 0 Å². The molecule has 0 aliphatic carbocycles. The lowest BCUT2D eigenvalue weighted by Crippen LogP contribution is -2.22. The molecule has 0 amide bonds. The molecule has 0 N–H and O–H groups in total. The van der Waals surface area contributed by atoms with Crippen LogP contribution in [-0.4, -0.2) is 11.9 Å². The maximum Gasteiger partial charge on any atom is 0.0715 e. The van der Waals surface area contributed by atoms with Crippen LogP contribution in [0.15, 0.2) is 48.5 Å². The fourth-order valence-electron chi connectivity index (χ4n) is 1.75. The first-order valence-electron chi connectivity index (χ1n) is 5.67. The third-order valence-electron chi connectivity index (χ3n) is 2.79. The molecule has 0 saturated heterocycles. The van der Waals surface area contributed by atoms with Crippen molar-refractivity contribution in [2.45, 2.75) is 6.42 Å². The van der Waals surface area contributed by atoms with Crippen LogP contribution in [0.5, 0.6) is 0 Å². The van der Waals surface area contributed by atoms with Crippen molar-refractivity contribution in [3.63, 3.8) is 0 Å². The molecule has 19 heavy (non-hydrogen) atoms. The van der Waals surface area contributed by atoms with Crippen molar-refractivity contribution in [2.24, 2.45) is 0 Å². The third-order valence-corrected chi connectivity index (χ3v) is 2.79. The number of aromatic carboxylic acids is 2. The second-order valence-electron chi connectivity index (χ2n) is 4.15. The van der Waals surface area contributed by atoms with Crippen molar-refractivity contribution >= 4 is 11.9 Å². The van der Waals surface area contributed by atoms with Gasteiger partial charge in [0.25, 0.3) is 0 Å². The summed E-state index contributed by atoms with van der Waals surface area (Å²) in [6.45, 7) is 0. The Morgan fingerprint density at radius 3 is 1.26 bits per heavy atom. The SMILES string of the molecule is O=C([O-])c1ccc(Cc2ccc(C(=O)[O-])cc2)cc1. The largest absolute Gasteiger partial charge is 0.545 e. The van der Waals surface area contributed by atoms with Crippen LogP contribution in [0.4, 0.5) is 0 Å². The highest BCUT2D eigenvalue weighted by Gasteiger charge is 1.99. The Bertz CT molecular complexity index is 542. The third kappa shape index (κ3) is 3.19. The molecule has 0 bridgehead atoms. The van der Waals surface area contributed by atoms with E-state index in [-0.39, 0.29) is 11.1 Å². The highest BCUT2D eigenvalue weighted by Crippen LogP contribution is 2.11. The lowest BCUT2D eigenvalue weighted by Gasteiger charge is -2.06. The van der Waals surface area contributed by atoms with Gasteiger partial charge in [-0.05, 0) is 28.7 Å². The highest BCUT2D eigenvalue weighted by atomic mass is 16.4. The molecule has 0 heterocycles. The first kappa shape index (κ1) is 12.8. The van der Waals surface area contributed by atoms with Gasteiger partial charge < -0.3 is 19.8 Å². The maximum absolute atomic E-state index is 10.6. The standard InChI is InChI=1S/C15H12O4/c16-14(17)12-5-1-10(2-6-12)9-11-3-7-13(8-4-11)15(18)19/h1-8H,9H2,(H,16,17)(H,18,19)/p-2. The van der Waals surface area contributed by atoms with E-state index in [9.17, 15) is 19.8 Å². The summed E-state index contributed by atoms with van der Waals surface area (Å²) in [6, 6.07) is 12.8. The van der Waals surface area contributed by atoms with E-state index in [1.165, 1.54) is 24.3 Å². The number of carboxylic acid groups (broad SMARTS) is 2. The summed E-state index contributed by atoms with van der Waals surface area (Å²) in [4.78, 5) is 21.2. The van der Waals surface area contributed by atoms with Gasteiger partial charge in [0.1, 0.15) is 0 Å². The normalized spacial score (nSPS) is 10.1. The zero-order valence-electron chi connectivity index (χ0n) is 9.96. The van der Waals surface area contributed by atoms with Gasteiger partial charge in [0.15, 0.2) is 0 Å². The van der Waals surface area contributed by atoms with E-state index in [2.05, 4.69) is 0 Å². The zero-order chi connectivity index (χ0) is 13.8. The van der Waals surface area contributed by atoms with E-state index in [1.807, 2.05) is 0 Å². The quantitative estimate of drug-likeness (QED) is 0.769. The van der Waals surface area contributed by atoms with Crippen molar-refractivity contribution in [1.29, 1.82) is 0 Å². The fourth-order valence-corrected chi connectivity index (χ4v) is 1.75. The maximum atomic E-state index is 10.6. The van der Waals surface area contributed by atoms with Crippen molar-refractivity contribution in [3.8, 4) is 0 Å². The van der Waals surface area contributed by atoms with Crippen molar-refractivity contribution in [2.75, 3.05) is 0 Å². The van der Waals surface area contributed by atoms with Crippen molar-refractivity contribution in [1.82, 2.24) is 0 Å². The van der Waals surface area contributed by atoms with E-state index in [1.54, 1.807) is 24.3 Å². The second kappa shape index (κ2) is 5.35. The number of rotatable bonds is 4. The smallest absolute Gasteiger partial charge is 0.0715 e. The molecule has 2 aromatic rings. The topological polar surface area (TPSA) is 80.3 Å². The summed E-state index contributed by atoms with van der Waals surface area (Å²) in [5.74, 6) is -2.41. The molecule has 0 atom stereocenters. The van der Waals surface area contributed by atoms with Gasteiger partial charge in [-0.3, -0.25) is 0 Å². The number of hydrogen-bond donors (Lipinski definition) is 0. The molecule has 2 rings (SSSR count). The predicted octanol–water partition coefficient (Wildman–Crippen LogP) is 0.00440. The molecule has 0 spiro atoms. The molecule has 0 aliphatic rings. The Balaban J connectivity index is 2.12. The Labute approximate surface area is 109 Å². The van der Waals surface area contributed by atoms with Crippen LogP contribution in [0.1, 0.15) is 31.8 Å². The van der Waals surface area contributed by atoms with E-state index in [4.69, 9.17) is 0 Å². The summed E-state index contributed by atoms with van der Waals surface area (Å²) >= 11 is 0. The number of benzene rings is 2. The number of carboxylic acids is 2. The Kier molecular flexibility index (Phi) is 3.61. The molecule has 0 radical (unpaired) electrons. The highest BCUT2D eigenvalue weighted by molar-refractivity contribution is 5.86. The van der Waals surface area contributed by atoms with Gasteiger partial charge in [-0.1, -0.05) is 48.5 Å². The number of hydrogen-bond acceptors (Lipinski definition) is 4. The molecule has 0 aromatic heterocycles. The van der Waals surface area contributed by atoms with Crippen LogP contribution in [0.25, 0.3) is 0 Å². The summed E-state index contributed by atoms with van der Waals surface area (Å²) in [5.41, 5.74) is 2.14. The van der Waals surface area contributed by atoms with E-state index in [0.29, 0.717) is 6.42 Å². The van der Waals surface area contributed by atoms with Gasteiger partial charge in [0.05, 0.1) is 11.9 Å². The molecule has 4 heteroatoms. The summed E-state index contributed by atoms with van der Waals surface area (Å²) in [5, 5.41) is 21.2. The number of carbonyl (C=O) groups excluding carboxylic acids is 2. The van der Waals surface area contributed by atoms with Gasteiger partial charge in [-0.15, -0.1) is 0 Å². The summed E-state index contributed by atoms with van der Waals surface area (Å²) in [6.07, 6.45) is 0.598. The lowest BCUT2D eigenvalue weighted by atomic mass is 10.0. The van der Waals surface area contributed by atoms with Crippen molar-refractivity contribution < 1.29 is 19.8 Å². The average molecular weight is 254 g/mol. The minimum Gasteiger partial charge on any atom is -0.545 e. The zero-order valence-corrected chi connectivity index (χ0v) is 9.96. The average Bonchev–Trinajstić information content (AvgIpc) is 2.40. The lowest BCUT2D eigenvalue weighted by molar-refractivity contribution is -0.256. The van der Waals surface area contributed by atoms with E-state index in [0.717, 1.165) is 11.1 Å². The van der Waals surface area contributed by atoms with Gasteiger partial charge in [-0.25, -0.2) is 0 Å². The molecule has 0 fully saturated rings. The monoisotopic (exact) mass is 254 g/mol. The van der Waals surface area contributed by atoms with Crippen LogP contribution >= 0.6 is 0 Å². The molecular weight excluding hydrogens is 244 g/mol. The first-order chi connectivity index (χ1) is 9.06. The van der Waals surface area contributed by atoms with E-state index < -0.39 is 11.9 Å². The summed E-state index contributed by atoms with van der Waals surface area (Å²) < 4.78 is 0. The fraction of sp³-hybridized carbons (Fsp3) is 0.0667. The van der Waals surface area contributed by atoms with Gasteiger partial charge in [0, 0.05) is 0 Å². The van der Waals surface area contributed by atoms with Crippen LogP contribution in [0, 0.1) is 0 Å². The van der Waals surface area contributed by atoms with Crippen LogP contribution < -0.4 is 10.2 Å². The van der Waals surface area contributed by atoms with Gasteiger partial charge in [0.2, 0.25) is 0 Å². The Morgan fingerprint density at radius 1 is 0.684 bits per heavy atom. The second-order valence-corrected chi connectivity index (χ2v) is 4.15. The first-order valence-corrected chi connectivity index (χ1v) is 5.67. The summed E-state index contributed by atoms with van der Waals surface area (Å²) in [7, 11) is 0. The molecule has 96 valence electrons.